The molecule has 37 heavy (non-hydrogen) atoms. The van der Waals surface area contributed by atoms with Gasteiger partial charge in [0.15, 0.2) is 0 Å². The van der Waals surface area contributed by atoms with E-state index >= 15 is 0 Å². The fraction of sp³-hybridized carbons (Fsp3) is 0.370. The zero-order valence-corrected chi connectivity index (χ0v) is 20.7. The van der Waals surface area contributed by atoms with E-state index in [-0.39, 0.29) is 6.54 Å². The van der Waals surface area contributed by atoms with Gasteiger partial charge in [-0.3, -0.25) is 19.7 Å². The number of benzene rings is 1. The Kier molecular flexibility index (Phi) is 10.6. The van der Waals surface area contributed by atoms with Crippen molar-refractivity contribution in [3.63, 3.8) is 0 Å². The highest BCUT2D eigenvalue weighted by Gasteiger charge is 2.31. The van der Waals surface area contributed by atoms with Gasteiger partial charge in [0.2, 0.25) is 0 Å². The molecule has 3 aromatic rings. The Morgan fingerprint density at radius 2 is 1.49 bits per heavy atom. The summed E-state index contributed by atoms with van der Waals surface area (Å²) in [5.74, 6) is -0.427. The molecule has 0 fully saturated rings. The van der Waals surface area contributed by atoms with Gasteiger partial charge in [-0.25, -0.2) is 0 Å². The zero-order valence-electron chi connectivity index (χ0n) is 20.7. The van der Waals surface area contributed by atoms with Crippen LogP contribution < -0.4 is 0 Å². The summed E-state index contributed by atoms with van der Waals surface area (Å²) in [4.78, 5) is 25.5. The van der Waals surface area contributed by atoms with E-state index in [1.54, 1.807) is 24.5 Å². The molecular weight excluding hydrogens is 476 g/mol. The Labute approximate surface area is 216 Å². The van der Waals surface area contributed by atoms with E-state index in [4.69, 9.17) is 5.11 Å². The number of aromatic nitrogens is 2. The molecule has 2 heterocycles. The van der Waals surface area contributed by atoms with Crippen molar-refractivity contribution < 1.29 is 30.3 Å². The van der Waals surface area contributed by atoms with E-state index in [1.807, 2.05) is 48.5 Å². The van der Waals surface area contributed by atoms with Gasteiger partial charge >= 0.3 is 0 Å². The summed E-state index contributed by atoms with van der Waals surface area (Å²) in [7, 11) is 1.46. The van der Waals surface area contributed by atoms with Crippen molar-refractivity contribution in [1.82, 2.24) is 19.8 Å². The van der Waals surface area contributed by atoms with Gasteiger partial charge in [-0.1, -0.05) is 36.4 Å². The average molecular weight is 511 g/mol. The minimum absolute atomic E-state index is 0.314. The van der Waals surface area contributed by atoms with E-state index in [0.29, 0.717) is 30.9 Å². The molecule has 0 aliphatic rings. The van der Waals surface area contributed by atoms with Crippen LogP contribution in [0.3, 0.4) is 0 Å². The van der Waals surface area contributed by atoms with Gasteiger partial charge in [0.05, 0.1) is 23.6 Å². The molecule has 0 aliphatic heterocycles. The van der Waals surface area contributed by atoms with E-state index in [9.17, 15) is 25.2 Å². The monoisotopic (exact) mass is 510 g/mol. The van der Waals surface area contributed by atoms with E-state index < -0.39 is 36.9 Å². The van der Waals surface area contributed by atoms with Crippen LogP contribution >= 0.6 is 0 Å². The third kappa shape index (κ3) is 8.12. The van der Waals surface area contributed by atoms with Gasteiger partial charge in [-0.15, -0.1) is 0 Å². The van der Waals surface area contributed by atoms with Crippen molar-refractivity contribution in [1.29, 1.82) is 0 Å². The zero-order chi connectivity index (χ0) is 26.8. The Hall–Kier alpha value is -3.25. The van der Waals surface area contributed by atoms with Crippen molar-refractivity contribution in [3.8, 4) is 0 Å². The first-order chi connectivity index (χ1) is 17.8. The smallest absolute Gasteiger partial charge is 0.255 e. The summed E-state index contributed by atoms with van der Waals surface area (Å²) < 4.78 is 0. The Balaban J connectivity index is 1.76. The second kappa shape index (κ2) is 13.9. The van der Waals surface area contributed by atoms with Crippen LogP contribution in [0.15, 0.2) is 73.1 Å². The Morgan fingerprint density at radius 1 is 0.811 bits per heavy atom. The van der Waals surface area contributed by atoms with Gasteiger partial charge in [-0.2, -0.15) is 0 Å². The Bertz CT molecular complexity index is 1060. The number of rotatable bonds is 13. The lowest BCUT2D eigenvalue weighted by molar-refractivity contribution is -0.117. The molecule has 0 saturated heterocycles. The predicted molar refractivity (Wildman–Crippen MR) is 136 cm³/mol. The van der Waals surface area contributed by atoms with E-state index in [1.165, 1.54) is 11.9 Å². The van der Waals surface area contributed by atoms with Gasteiger partial charge < -0.3 is 30.4 Å². The number of carbonyl (C=O) groups excluding carboxylic acids is 1. The lowest BCUT2D eigenvalue weighted by Crippen LogP contribution is -2.50. The standard InChI is InChI=1S/C27H34N4O6/c1-30(17-23(33)25(35)26(36)24(34)18-32)27(37)21-11-7-13-29-22(21)16-31(14-19-8-3-2-4-9-19)15-20-10-5-6-12-28-20/h2-13,23-26,32-36H,14-18H2,1H3/t23-,24+,25+,26+/m0/s1. The average Bonchev–Trinajstić information content (AvgIpc) is 2.92. The molecule has 0 radical (unpaired) electrons. The number of aliphatic hydroxyl groups excluding tert-OH is 5. The summed E-state index contributed by atoms with van der Waals surface area (Å²) in [6, 6.07) is 18.9. The van der Waals surface area contributed by atoms with Crippen molar-refractivity contribution >= 4 is 5.91 Å². The SMILES string of the molecule is CN(C[C@H](O)[C@@H](O)[C@H](O)[C@H](O)CO)C(=O)c1cccnc1CN(Cc1ccccc1)Cc1ccccn1. The molecule has 0 spiro atoms. The second-order valence-electron chi connectivity index (χ2n) is 8.93. The second-order valence-corrected chi connectivity index (χ2v) is 8.93. The maximum Gasteiger partial charge on any atom is 0.255 e. The van der Waals surface area contributed by atoms with Crippen molar-refractivity contribution in [2.45, 2.75) is 44.1 Å². The Morgan fingerprint density at radius 3 is 2.16 bits per heavy atom. The summed E-state index contributed by atoms with van der Waals surface area (Å²) in [5, 5.41) is 48.8. The summed E-state index contributed by atoms with van der Waals surface area (Å²) in [5.41, 5.74) is 2.85. The molecule has 0 aliphatic carbocycles. The van der Waals surface area contributed by atoms with Crippen molar-refractivity contribution in [3.05, 3.63) is 95.6 Å². The molecule has 5 N–H and O–H groups in total. The number of pyridine rings is 2. The van der Waals surface area contributed by atoms with Gasteiger partial charge in [0, 0.05) is 45.6 Å². The summed E-state index contributed by atoms with van der Waals surface area (Å²) in [6.45, 7) is 0.398. The third-order valence-corrected chi connectivity index (χ3v) is 5.99. The molecule has 4 atom stereocenters. The maximum absolute atomic E-state index is 13.3. The topological polar surface area (TPSA) is 150 Å². The third-order valence-electron chi connectivity index (χ3n) is 5.99. The van der Waals surface area contributed by atoms with Crippen LogP contribution in [0.5, 0.6) is 0 Å². The van der Waals surface area contributed by atoms with Gasteiger partial charge in [0.1, 0.15) is 24.4 Å². The number of amides is 1. The van der Waals surface area contributed by atoms with E-state index in [0.717, 1.165) is 11.3 Å². The molecule has 1 aromatic carbocycles. The van der Waals surface area contributed by atoms with Gasteiger partial charge in [0.25, 0.3) is 5.91 Å². The first kappa shape index (κ1) is 28.3. The fourth-order valence-corrected chi connectivity index (χ4v) is 3.94. The van der Waals surface area contributed by atoms with Crippen LogP contribution in [-0.4, -0.2) is 95.8 Å². The largest absolute Gasteiger partial charge is 0.394 e. The highest BCUT2D eigenvalue weighted by atomic mass is 16.4. The lowest BCUT2D eigenvalue weighted by Gasteiger charge is -2.29. The molecule has 0 saturated carbocycles. The summed E-state index contributed by atoms with van der Waals surface area (Å²) >= 11 is 0. The highest BCUT2D eigenvalue weighted by molar-refractivity contribution is 5.95. The maximum atomic E-state index is 13.3. The van der Waals surface area contributed by atoms with Gasteiger partial charge in [-0.05, 0) is 29.8 Å². The number of hydrogen-bond donors (Lipinski definition) is 5. The number of likely N-dealkylation sites (N-methyl/N-ethyl adjacent to an activating group) is 1. The van der Waals surface area contributed by atoms with Crippen LogP contribution in [-0.2, 0) is 19.6 Å². The van der Waals surface area contributed by atoms with Crippen LogP contribution in [0.25, 0.3) is 0 Å². The minimum atomic E-state index is -1.77. The molecule has 10 heteroatoms. The van der Waals surface area contributed by atoms with Crippen LogP contribution in [0.1, 0.15) is 27.3 Å². The number of nitrogens with zero attached hydrogens (tertiary/aromatic N) is 4. The number of carbonyl (C=O) groups is 1. The predicted octanol–water partition coefficient (Wildman–Crippen LogP) is 0.187. The first-order valence-electron chi connectivity index (χ1n) is 12.0. The normalized spacial score (nSPS) is 14.7. The molecule has 0 unspecified atom stereocenters. The van der Waals surface area contributed by atoms with Crippen LogP contribution in [0, 0.1) is 0 Å². The molecular formula is C27H34N4O6. The first-order valence-corrected chi connectivity index (χ1v) is 12.0. The van der Waals surface area contributed by atoms with Crippen molar-refractivity contribution in [2.75, 3.05) is 20.2 Å². The fourth-order valence-electron chi connectivity index (χ4n) is 3.94. The van der Waals surface area contributed by atoms with Crippen LogP contribution in [0.2, 0.25) is 0 Å². The quantitative estimate of drug-likeness (QED) is 0.217. The van der Waals surface area contributed by atoms with Crippen molar-refractivity contribution in [2.24, 2.45) is 0 Å². The molecule has 10 nitrogen and oxygen atoms in total. The molecule has 1 amide bonds. The summed E-state index contributed by atoms with van der Waals surface area (Å²) in [6.07, 6.45) is -3.36. The molecule has 3 rings (SSSR count). The van der Waals surface area contributed by atoms with E-state index in [2.05, 4.69) is 14.9 Å². The molecule has 0 bridgehead atoms. The van der Waals surface area contributed by atoms with Crippen LogP contribution in [0.4, 0.5) is 0 Å². The lowest BCUT2D eigenvalue weighted by atomic mass is 10.0. The molecule has 2 aromatic heterocycles. The number of aliphatic hydroxyl groups is 5. The molecule has 198 valence electrons. The highest BCUT2D eigenvalue weighted by Crippen LogP contribution is 2.17. The number of hydrogen-bond acceptors (Lipinski definition) is 9. The minimum Gasteiger partial charge on any atom is -0.394 e.